The predicted octanol–water partition coefficient (Wildman–Crippen LogP) is 1.51. The Kier molecular flexibility index (Phi) is 4.88. The van der Waals surface area contributed by atoms with Crippen molar-refractivity contribution in [2.24, 2.45) is 5.92 Å². The summed E-state index contributed by atoms with van der Waals surface area (Å²) in [6, 6.07) is 3.08. The van der Waals surface area contributed by atoms with Gasteiger partial charge in [-0.2, -0.15) is 0 Å². The largest absolute Gasteiger partial charge is 0.317 e. The molecular formula is C15H19ClN6O. The van der Waals surface area contributed by atoms with E-state index in [1.807, 2.05) is 6.92 Å². The first-order chi connectivity index (χ1) is 11.1. The summed E-state index contributed by atoms with van der Waals surface area (Å²) in [5, 5.41) is 14.6. The van der Waals surface area contributed by atoms with E-state index in [-0.39, 0.29) is 11.9 Å². The lowest BCUT2D eigenvalue weighted by Crippen LogP contribution is -2.42. The SMILES string of the molecule is C[C@@H](NC[C@H]1CCc2nncn2C1)C(=O)Nc1ccc(Cl)cn1. The van der Waals surface area contributed by atoms with E-state index in [1.54, 1.807) is 18.5 Å². The van der Waals surface area contributed by atoms with Crippen LogP contribution in [-0.2, 0) is 17.8 Å². The molecule has 3 heterocycles. The normalized spacial score (nSPS) is 18.3. The number of nitrogens with zero attached hydrogens (tertiary/aromatic N) is 4. The number of aryl methyl sites for hydroxylation is 1. The van der Waals surface area contributed by atoms with Crippen LogP contribution < -0.4 is 10.6 Å². The molecule has 0 aromatic carbocycles. The molecule has 1 aliphatic rings. The molecule has 0 bridgehead atoms. The molecule has 0 aliphatic carbocycles. The number of aromatic nitrogens is 4. The number of amides is 1. The average Bonchev–Trinajstić information content (AvgIpc) is 3.02. The molecule has 3 rings (SSSR count). The van der Waals surface area contributed by atoms with Crippen LogP contribution in [0.3, 0.4) is 0 Å². The number of hydrogen-bond acceptors (Lipinski definition) is 5. The molecule has 2 N–H and O–H groups in total. The molecule has 2 atom stereocenters. The highest BCUT2D eigenvalue weighted by molar-refractivity contribution is 6.30. The third-order valence-corrected chi connectivity index (χ3v) is 4.24. The monoisotopic (exact) mass is 334 g/mol. The van der Waals surface area contributed by atoms with E-state index in [0.29, 0.717) is 16.8 Å². The molecule has 0 fully saturated rings. The summed E-state index contributed by atoms with van der Waals surface area (Å²) >= 11 is 5.78. The smallest absolute Gasteiger partial charge is 0.242 e. The number of carbonyl (C=O) groups is 1. The van der Waals surface area contributed by atoms with Gasteiger partial charge in [0, 0.05) is 25.7 Å². The molecule has 0 saturated carbocycles. The van der Waals surface area contributed by atoms with E-state index in [2.05, 4.69) is 30.4 Å². The van der Waals surface area contributed by atoms with E-state index in [9.17, 15) is 4.79 Å². The topological polar surface area (TPSA) is 84.7 Å². The number of carbonyl (C=O) groups excluding carboxylic acids is 1. The molecule has 1 amide bonds. The number of pyridine rings is 1. The molecule has 7 nitrogen and oxygen atoms in total. The Morgan fingerprint density at radius 2 is 2.39 bits per heavy atom. The highest BCUT2D eigenvalue weighted by atomic mass is 35.5. The second kappa shape index (κ2) is 7.06. The molecule has 0 spiro atoms. The van der Waals surface area contributed by atoms with Crippen molar-refractivity contribution in [1.82, 2.24) is 25.1 Å². The Balaban J connectivity index is 1.46. The molecule has 8 heteroatoms. The molecular weight excluding hydrogens is 316 g/mol. The van der Waals surface area contributed by atoms with Gasteiger partial charge in [0.15, 0.2) is 0 Å². The summed E-state index contributed by atoms with van der Waals surface area (Å²) in [4.78, 5) is 16.2. The van der Waals surface area contributed by atoms with Gasteiger partial charge < -0.3 is 15.2 Å². The van der Waals surface area contributed by atoms with E-state index >= 15 is 0 Å². The van der Waals surface area contributed by atoms with Crippen molar-refractivity contribution in [2.75, 3.05) is 11.9 Å². The van der Waals surface area contributed by atoms with Gasteiger partial charge in [-0.25, -0.2) is 4.98 Å². The van der Waals surface area contributed by atoms with E-state index < -0.39 is 0 Å². The van der Waals surface area contributed by atoms with Crippen LogP contribution >= 0.6 is 11.6 Å². The van der Waals surface area contributed by atoms with Crippen LogP contribution in [0.25, 0.3) is 0 Å². The number of halogens is 1. The van der Waals surface area contributed by atoms with Gasteiger partial charge >= 0.3 is 0 Å². The van der Waals surface area contributed by atoms with Gasteiger partial charge in [-0.1, -0.05) is 11.6 Å². The Hall–Kier alpha value is -1.99. The zero-order valence-corrected chi connectivity index (χ0v) is 13.6. The van der Waals surface area contributed by atoms with Gasteiger partial charge in [-0.3, -0.25) is 4.79 Å². The van der Waals surface area contributed by atoms with Gasteiger partial charge in [0.2, 0.25) is 5.91 Å². The minimum atomic E-state index is -0.296. The second-order valence-electron chi connectivity index (χ2n) is 5.79. The van der Waals surface area contributed by atoms with Crippen molar-refractivity contribution < 1.29 is 4.79 Å². The van der Waals surface area contributed by atoms with E-state index in [4.69, 9.17) is 11.6 Å². The summed E-state index contributed by atoms with van der Waals surface area (Å²) in [6.07, 6.45) is 5.26. The quantitative estimate of drug-likeness (QED) is 0.865. The summed E-state index contributed by atoms with van der Waals surface area (Å²) in [5.74, 6) is 1.91. The molecule has 1 aliphatic heterocycles. The van der Waals surface area contributed by atoms with Crippen LogP contribution in [0, 0.1) is 5.92 Å². The Bertz CT molecular complexity index is 671. The molecule has 0 saturated heterocycles. The van der Waals surface area contributed by atoms with Crippen molar-refractivity contribution >= 4 is 23.3 Å². The number of fused-ring (bicyclic) bond motifs is 1. The first-order valence-corrected chi connectivity index (χ1v) is 8.02. The highest BCUT2D eigenvalue weighted by Gasteiger charge is 2.21. The lowest BCUT2D eigenvalue weighted by atomic mass is 9.99. The van der Waals surface area contributed by atoms with Crippen LogP contribution in [0.5, 0.6) is 0 Å². The van der Waals surface area contributed by atoms with Gasteiger partial charge in [-0.05, 0) is 31.4 Å². The predicted molar refractivity (Wildman–Crippen MR) is 87.2 cm³/mol. The molecule has 0 radical (unpaired) electrons. The molecule has 0 unspecified atom stereocenters. The lowest BCUT2D eigenvalue weighted by molar-refractivity contribution is -0.117. The maximum atomic E-state index is 12.2. The highest BCUT2D eigenvalue weighted by Crippen LogP contribution is 2.17. The molecule has 23 heavy (non-hydrogen) atoms. The lowest BCUT2D eigenvalue weighted by Gasteiger charge is -2.24. The van der Waals surface area contributed by atoms with E-state index in [0.717, 1.165) is 31.8 Å². The van der Waals surface area contributed by atoms with Crippen LogP contribution in [0.1, 0.15) is 19.2 Å². The standard InChI is InChI=1S/C15H19ClN6O/c1-10(15(23)20-13-4-3-12(16)7-18-13)17-6-11-2-5-14-21-19-9-22(14)8-11/h3-4,7,9-11,17H,2,5-6,8H2,1H3,(H,18,20,23)/t10-,11-/m1/s1. The number of rotatable bonds is 5. The average molecular weight is 335 g/mol. The Morgan fingerprint density at radius 3 is 3.17 bits per heavy atom. The fraction of sp³-hybridized carbons (Fsp3) is 0.467. The Labute approximate surface area is 139 Å². The van der Waals surface area contributed by atoms with Crippen molar-refractivity contribution in [3.8, 4) is 0 Å². The molecule has 2 aromatic rings. The van der Waals surface area contributed by atoms with Crippen molar-refractivity contribution in [3.63, 3.8) is 0 Å². The van der Waals surface area contributed by atoms with Gasteiger partial charge in [0.05, 0.1) is 11.1 Å². The fourth-order valence-electron chi connectivity index (χ4n) is 2.61. The molecule has 122 valence electrons. The minimum absolute atomic E-state index is 0.111. The number of hydrogen-bond donors (Lipinski definition) is 2. The maximum Gasteiger partial charge on any atom is 0.242 e. The van der Waals surface area contributed by atoms with Gasteiger partial charge in [-0.15, -0.1) is 10.2 Å². The van der Waals surface area contributed by atoms with Gasteiger partial charge in [0.1, 0.15) is 18.0 Å². The summed E-state index contributed by atoms with van der Waals surface area (Å²) in [5.41, 5.74) is 0. The third kappa shape index (κ3) is 4.05. The van der Waals surface area contributed by atoms with Crippen LogP contribution in [0.15, 0.2) is 24.7 Å². The van der Waals surface area contributed by atoms with Gasteiger partial charge in [0.25, 0.3) is 0 Å². The van der Waals surface area contributed by atoms with Crippen LogP contribution in [-0.4, -0.2) is 38.2 Å². The fourth-order valence-corrected chi connectivity index (χ4v) is 2.73. The summed E-state index contributed by atoms with van der Waals surface area (Å²) < 4.78 is 2.08. The number of anilines is 1. The van der Waals surface area contributed by atoms with Crippen LogP contribution in [0.2, 0.25) is 5.02 Å². The zero-order chi connectivity index (χ0) is 16.2. The first-order valence-electron chi connectivity index (χ1n) is 7.64. The second-order valence-corrected chi connectivity index (χ2v) is 6.22. The zero-order valence-electron chi connectivity index (χ0n) is 12.9. The maximum absolute atomic E-state index is 12.2. The molecule has 2 aromatic heterocycles. The van der Waals surface area contributed by atoms with Crippen molar-refractivity contribution in [2.45, 2.75) is 32.4 Å². The minimum Gasteiger partial charge on any atom is -0.317 e. The summed E-state index contributed by atoms with van der Waals surface area (Å²) in [7, 11) is 0. The Morgan fingerprint density at radius 1 is 1.52 bits per heavy atom. The summed E-state index contributed by atoms with van der Waals surface area (Å²) in [6.45, 7) is 3.51. The van der Waals surface area contributed by atoms with Crippen molar-refractivity contribution in [1.29, 1.82) is 0 Å². The van der Waals surface area contributed by atoms with E-state index in [1.165, 1.54) is 6.20 Å². The number of nitrogens with one attached hydrogen (secondary N) is 2. The van der Waals surface area contributed by atoms with Crippen molar-refractivity contribution in [3.05, 3.63) is 35.5 Å². The van der Waals surface area contributed by atoms with Crippen LogP contribution in [0.4, 0.5) is 5.82 Å². The third-order valence-electron chi connectivity index (χ3n) is 4.01. The first kappa shape index (κ1) is 15.9.